The molecule has 1 amide bonds. The molecule has 0 saturated heterocycles. The molecule has 0 bridgehead atoms. The summed E-state index contributed by atoms with van der Waals surface area (Å²) in [6.45, 7) is 3.48. The van der Waals surface area contributed by atoms with Gasteiger partial charge in [-0.1, -0.05) is 13.8 Å². The largest absolute Gasteiger partial charge is 0.550 e. The van der Waals surface area contributed by atoms with Gasteiger partial charge in [0.1, 0.15) is 0 Å². The molecule has 0 fully saturated rings. The number of hydrogen-bond acceptors (Lipinski definition) is 5. The van der Waals surface area contributed by atoms with E-state index in [1.807, 2.05) is 5.32 Å². The molecule has 0 aliphatic carbocycles. The third-order valence-corrected chi connectivity index (χ3v) is 2.11. The smallest absolute Gasteiger partial charge is 0.278 e. The number of nitrogens with one attached hydrogen (secondary N) is 1. The Balaban J connectivity index is 4.46. The summed E-state index contributed by atoms with van der Waals surface area (Å²) in [5.74, 6) is -3.93. The van der Waals surface area contributed by atoms with Crippen molar-refractivity contribution in [1.82, 2.24) is 5.32 Å². The summed E-state index contributed by atoms with van der Waals surface area (Å²) < 4.78 is 0. The Morgan fingerprint density at radius 2 is 1.75 bits per heavy atom. The molecular formula is C9H15N2O5-. The van der Waals surface area contributed by atoms with Crippen LogP contribution in [-0.4, -0.2) is 29.9 Å². The van der Waals surface area contributed by atoms with Gasteiger partial charge in [-0.05, 0) is 0 Å². The van der Waals surface area contributed by atoms with Gasteiger partial charge >= 0.3 is 0 Å². The van der Waals surface area contributed by atoms with E-state index in [0.717, 1.165) is 0 Å². The van der Waals surface area contributed by atoms with E-state index in [4.69, 9.17) is 0 Å². The first-order valence-electron chi connectivity index (χ1n) is 4.79. The maximum Gasteiger partial charge on any atom is 0.278 e. The van der Waals surface area contributed by atoms with E-state index in [-0.39, 0.29) is 5.92 Å². The second kappa shape index (κ2) is 6.06. The van der Waals surface area contributed by atoms with Crippen molar-refractivity contribution in [3.63, 3.8) is 0 Å². The number of carbonyl (C=O) groups excluding carboxylic acids is 3. The SMILES string of the molecule is CC(C)[C@H]([NH3+])C(=O)N[C@@H](CC(=O)[O-])C(=O)[O-]. The van der Waals surface area contributed by atoms with E-state index >= 15 is 0 Å². The van der Waals surface area contributed by atoms with E-state index in [9.17, 15) is 24.6 Å². The number of carbonyl (C=O) groups is 3. The highest BCUT2D eigenvalue weighted by Crippen LogP contribution is 1.98. The molecule has 0 aromatic rings. The van der Waals surface area contributed by atoms with Crippen LogP contribution in [0.15, 0.2) is 0 Å². The minimum Gasteiger partial charge on any atom is -0.550 e. The van der Waals surface area contributed by atoms with Crippen LogP contribution in [0, 0.1) is 5.92 Å². The van der Waals surface area contributed by atoms with Crippen LogP contribution in [0.4, 0.5) is 0 Å². The second-order valence-corrected chi connectivity index (χ2v) is 3.81. The number of aliphatic carboxylic acids is 2. The van der Waals surface area contributed by atoms with Gasteiger partial charge in [-0.15, -0.1) is 0 Å². The standard InChI is InChI=1S/C9H16N2O5/c1-4(2)7(10)8(14)11-5(9(15)16)3-6(12)13/h4-5,7H,3,10H2,1-2H3,(H,11,14)(H,12,13)(H,15,16)/p-1/t5-,7-/m0/s1. The van der Waals surface area contributed by atoms with Gasteiger partial charge in [0.25, 0.3) is 5.91 Å². The van der Waals surface area contributed by atoms with Gasteiger partial charge in [0.05, 0.1) is 12.0 Å². The monoisotopic (exact) mass is 231 g/mol. The van der Waals surface area contributed by atoms with Gasteiger partial charge in [0.15, 0.2) is 6.04 Å². The zero-order valence-corrected chi connectivity index (χ0v) is 9.19. The van der Waals surface area contributed by atoms with Gasteiger partial charge in [0, 0.05) is 18.3 Å². The maximum atomic E-state index is 11.4. The molecule has 4 N–H and O–H groups in total. The number of carboxylic acid groups (broad SMARTS) is 2. The van der Waals surface area contributed by atoms with Gasteiger partial charge in [-0.2, -0.15) is 0 Å². The quantitative estimate of drug-likeness (QED) is 0.475. The zero-order valence-electron chi connectivity index (χ0n) is 9.19. The molecule has 0 saturated carbocycles. The summed E-state index contributed by atoms with van der Waals surface area (Å²) in [4.78, 5) is 32.2. The maximum absolute atomic E-state index is 11.4. The average molecular weight is 231 g/mol. The molecule has 16 heavy (non-hydrogen) atoms. The van der Waals surface area contributed by atoms with Gasteiger partial charge in [-0.3, -0.25) is 4.79 Å². The summed E-state index contributed by atoms with van der Waals surface area (Å²) in [5.41, 5.74) is 3.54. The summed E-state index contributed by atoms with van der Waals surface area (Å²) in [5, 5.41) is 22.8. The van der Waals surface area contributed by atoms with Crippen LogP contribution in [0.3, 0.4) is 0 Å². The van der Waals surface area contributed by atoms with Crippen molar-refractivity contribution >= 4 is 17.8 Å². The van der Waals surface area contributed by atoms with Crippen LogP contribution in [-0.2, 0) is 14.4 Å². The molecule has 7 nitrogen and oxygen atoms in total. The van der Waals surface area contributed by atoms with Crippen LogP contribution in [0.25, 0.3) is 0 Å². The Labute approximate surface area is 92.6 Å². The van der Waals surface area contributed by atoms with Gasteiger partial charge < -0.3 is 30.9 Å². The lowest BCUT2D eigenvalue weighted by molar-refractivity contribution is -0.414. The first kappa shape index (κ1) is 14.4. The lowest BCUT2D eigenvalue weighted by Gasteiger charge is -2.22. The van der Waals surface area contributed by atoms with E-state index in [2.05, 4.69) is 5.73 Å². The minimum absolute atomic E-state index is 0.0784. The number of hydrogen-bond donors (Lipinski definition) is 2. The summed E-state index contributed by atoms with van der Waals surface area (Å²) in [7, 11) is 0. The molecular weight excluding hydrogens is 216 g/mol. The highest BCUT2D eigenvalue weighted by Gasteiger charge is 2.24. The first-order valence-corrected chi connectivity index (χ1v) is 4.79. The van der Waals surface area contributed by atoms with E-state index in [0.29, 0.717) is 0 Å². The van der Waals surface area contributed by atoms with E-state index in [1.54, 1.807) is 13.8 Å². The summed E-state index contributed by atoms with van der Waals surface area (Å²) >= 11 is 0. The van der Waals surface area contributed by atoms with Crippen molar-refractivity contribution in [2.45, 2.75) is 32.4 Å². The van der Waals surface area contributed by atoms with E-state index < -0.39 is 36.4 Å². The molecule has 2 atom stereocenters. The van der Waals surface area contributed by atoms with Crippen LogP contribution >= 0.6 is 0 Å². The fourth-order valence-corrected chi connectivity index (χ4v) is 0.941. The third kappa shape index (κ3) is 4.74. The van der Waals surface area contributed by atoms with Gasteiger partial charge in [0.2, 0.25) is 0 Å². The molecule has 0 aliphatic rings. The molecule has 0 aromatic carbocycles. The minimum atomic E-state index is -1.66. The molecule has 92 valence electrons. The van der Waals surface area contributed by atoms with Crippen molar-refractivity contribution in [1.29, 1.82) is 0 Å². The van der Waals surface area contributed by atoms with Crippen molar-refractivity contribution in [3.8, 4) is 0 Å². The van der Waals surface area contributed by atoms with Crippen molar-refractivity contribution < 1.29 is 30.3 Å². The number of quaternary nitrogens is 1. The number of rotatable bonds is 6. The molecule has 0 spiro atoms. The highest BCUT2D eigenvalue weighted by atomic mass is 16.4. The predicted molar refractivity (Wildman–Crippen MR) is 48.1 cm³/mol. The fourth-order valence-electron chi connectivity index (χ4n) is 0.941. The Morgan fingerprint density at radius 1 is 1.25 bits per heavy atom. The number of amides is 1. The van der Waals surface area contributed by atoms with Crippen LogP contribution in [0.5, 0.6) is 0 Å². The topological polar surface area (TPSA) is 137 Å². The second-order valence-electron chi connectivity index (χ2n) is 3.81. The van der Waals surface area contributed by atoms with Crippen LogP contribution in [0.1, 0.15) is 20.3 Å². The predicted octanol–water partition coefficient (Wildman–Crippen LogP) is -4.37. The lowest BCUT2D eigenvalue weighted by Crippen LogP contribution is -2.71. The van der Waals surface area contributed by atoms with Crippen LogP contribution in [0.2, 0.25) is 0 Å². The van der Waals surface area contributed by atoms with Gasteiger partial charge in [-0.25, -0.2) is 0 Å². The highest BCUT2D eigenvalue weighted by molar-refractivity contribution is 5.87. The first-order chi connectivity index (χ1) is 7.25. The Bertz CT molecular complexity index is 290. The number of carboxylic acids is 2. The average Bonchev–Trinajstić information content (AvgIpc) is 2.14. The molecule has 7 heteroatoms. The molecule has 0 rings (SSSR count). The Hall–Kier alpha value is -1.63. The molecule has 0 heterocycles. The molecule has 0 aromatic heterocycles. The summed E-state index contributed by atoms with van der Waals surface area (Å²) in [6.07, 6.45) is -0.821. The summed E-state index contributed by atoms with van der Waals surface area (Å²) in [6, 6.07) is -2.23. The molecule has 0 aliphatic heterocycles. The lowest BCUT2D eigenvalue weighted by atomic mass is 10.0. The molecule has 0 radical (unpaired) electrons. The normalized spacial score (nSPS) is 14.2. The van der Waals surface area contributed by atoms with E-state index in [1.165, 1.54) is 0 Å². The Morgan fingerprint density at radius 3 is 2.06 bits per heavy atom. The van der Waals surface area contributed by atoms with Crippen molar-refractivity contribution in [2.75, 3.05) is 0 Å². The third-order valence-electron chi connectivity index (χ3n) is 2.11. The molecule has 0 unspecified atom stereocenters. The zero-order chi connectivity index (χ0) is 12.9. The Kier molecular flexibility index (Phi) is 5.44. The fraction of sp³-hybridized carbons (Fsp3) is 0.667. The van der Waals surface area contributed by atoms with Crippen molar-refractivity contribution in [2.24, 2.45) is 5.92 Å². The van der Waals surface area contributed by atoms with Crippen LogP contribution < -0.4 is 21.3 Å². The van der Waals surface area contributed by atoms with Crippen molar-refractivity contribution in [3.05, 3.63) is 0 Å².